The molecule has 106 valence electrons. The Balaban J connectivity index is 2.60. The van der Waals surface area contributed by atoms with E-state index in [9.17, 15) is 19.2 Å². The number of rotatable bonds is 5. The van der Waals surface area contributed by atoms with Gasteiger partial charge in [0.2, 0.25) is 0 Å². The number of hydrogen-bond acceptors (Lipinski definition) is 7. The lowest BCUT2D eigenvalue weighted by Crippen LogP contribution is -2.40. The highest BCUT2D eigenvalue weighted by Crippen LogP contribution is 2.20. The maximum Gasteiger partial charge on any atom is 0.348 e. The van der Waals surface area contributed by atoms with Gasteiger partial charge in [-0.25, -0.2) is 9.59 Å². The lowest BCUT2D eigenvalue weighted by Gasteiger charge is -2.17. The number of nitrogens with zero attached hydrogens (tertiary/aromatic N) is 1. The summed E-state index contributed by atoms with van der Waals surface area (Å²) in [6, 6.07) is 0. The van der Waals surface area contributed by atoms with Gasteiger partial charge in [-0.3, -0.25) is 9.59 Å². The average molecular weight is 402 g/mol. The third kappa shape index (κ3) is 3.98. The Kier molecular flexibility index (Phi) is 5.88. The molecule has 0 bridgehead atoms. The lowest BCUT2D eigenvalue weighted by atomic mass is 10.3. The molecule has 10 heteroatoms. The average Bonchev–Trinajstić information content (AvgIpc) is 2.68. The van der Waals surface area contributed by atoms with Crippen molar-refractivity contribution in [2.75, 3.05) is 7.05 Å². The van der Waals surface area contributed by atoms with Crippen LogP contribution in [0.2, 0.25) is 0 Å². The molecule has 2 amide bonds. The number of carbonyl (C=O) groups excluding carboxylic acids is 4. The molecule has 8 nitrogen and oxygen atoms in total. The van der Waals surface area contributed by atoms with Crippen LogP contribution in [0.3, 0.4) is 0 Å². The second-order valence-electron chi connectivity index (χ2n) is 3.42. The van der Waals surface area contributed by atoms with E-state index in [-0.39, 0.29) is 12.8 Å². The van der Waals surface area contributed by atoms with Crippen molar-refractivity contribution in [1.82, 2.24) is 10.5 Å². The molecule has 1 saturated heterocycles. The normalized spacial score (nSPS) is 18.2. The van der Waals surface area contributed by atoms with Crippen LogP contribution in [0.1, 0.15) is 12.8 Å². The van der Waals surface area contributed by atoms with E-state index in [2.05, 4.69) is 47.0 Å². The quantitative estimate of drug-likeness (QED) is 0.386. The summed E-state index contributed by atoms with van der Waals surface area (Å²) in [6.07, 6.45) is -0.00277. The van der Waals surface area contributed by atoms with Crippen molar-refractivity contribution < 1.29 is 28.9 Å². The summed E-state index contributed by atoms with van der Waals surface area (Å²) in [5.41, 5.74) is 2.16. The first-order valence-electron chi connectivity index (χ1n) is 5.11. The van der Waals surface area contributed by atoms with Crippen molar-refractivity contribution in [3.8, 4) is 0 Å². The fraction of sp³-hybridized carbons (Fsp3) is 0.556. The first-order valence-corrected chi connectivity index (χ1v) is 6.94. The van der Waals surface area contributed by atoms with Gasteiger partial charge in [-0.2, -0.15) is 5.48 Å². The number of carbonyl (C=O) groups is 4. The molecule has 1 N–H and O–H groups in total. The van der Waals surface area contributed by atoms with Gasteiger partial charge in [-0.05, 0) is 0 Å². The highest BCUT2D eigenvalue weighted by atomic mass is 79.9. The number of amides is 2. The zero-order chi connectivity index (χ0) is 14.6. The lowest BCUT2D eigenvalue weighted by molar-refractivity contribution is -0.197. The van der Waals surface area contributed by atoms with Crippen molar-refractivity contribution in [2.24, 2.45) is 0 Å². The highest BCUT2D eigenvalue weighted by Gasteiger charge is 2.38. The van der Waals surface area contributed by atoms with Crippen LogP contribution in [0.5, 0.6) is 0 Å². The summed E-state index contributed by atoms with van der Waals surface area (Å²) in [7, 11) is 1.38. The van der Waals surface area contributed by atoms with Crippen molar-refractivity contribution in [3.63, 3.8) is 0 Å². The molecule has 1 aliphatic rings. The highest BCUT2D eigenvalue weighted by molar-refractivity contribution is 9.12. The van der Waals surface area contributed by atoms with Gasteiger partial charge in [0, 0.05) is 19.9 Å². The summed E-state index contributed by atoms with van der Waals surface area (Å²) in [6.45, 7) is 0. The third-order valence-electron chi connectivity index (χ3n) is 2.10. The number of alkyl halides is 2. The molecule has 0 saturated carbocycles. The minimum absolute atomic E-state index is 0.00139. The number of hydrogen-bond donors (Lipinski definition) is 1. The molecule has 1 aliphatic heterocycles. The zero-order valence-corrected chi connectivity index (χ0v) is 12.9. The van der Waals surface area contributed by atoms with Crippen LogP contribution >= 0.6 is 31.9 Å². The predicted molar refractivity (Wildman–Crippen MR) is 67.8 cm³/mol. The van der Waals surface area contributed by atoms with E-state index in [1.165, 1.54) is 7.05 Å². The van der Waals surface area contributed by atoms with E-state index in [0.29, 0.717) is 5.06 Å². The van der Waals surface area contributed by atoms with E-state index >= 15 is 0 Å². The molecular weight excluding hydrogens is 392 g/mol. The Bertz CT molecular complexity index is 400. The Morgan fingerprint density at radius 3 is 2.11 bits per heavy atom. The van der Waals surface area contributed by atoms with E-state index < -0.39 is 33.4 Å². The summed E-state index contributed by atoms with van der Waals surface area (Å²) in [5, 5.41) is 0.402. The van der Waals surface area contributed by atoms with E-state index in [1.54, 1.807) is 0 Å². The molecule has 0 aliphatic carbocycles. The molecule has 0 aromatic carbocycles. The number of hydroxylamine groups is 3. The largest absolute Gasteiger partial charge is 0.370 e. The van der Waals surface area contributed by atoms with E-state index in [4.69, 9.17) is 0 Å². The third-order valence-corrected chi connectivity index (χ3v) is 4.61. The van der Waals surface area contributed by atoms with Crippen molar-refractivity contribution in [2.45, 2.75) is 22.5 Å². The molecule has 0 aromatic heterocycles. The summed E-state index contributed by atoms with van der Waals surface area (Å²) >= 11 is 5.87. The van der Waals surface area contributed by atoms with E-state index in [0.717, 1.165) is 0 Å². The first kappa shape index (κ1) is 16.1. The van der Waals surface area contributed by atoms with Gasteiger partial charge in [-0.15, -0.1) is 5.06 Å². The fourth-order valence-electron chi connectivity index (χ4n) is 1.19. The summed E-state index contributed by atoms with van der Waals surface area (Å²) < 4.78 is 0. The Morgan fingerprint density at radius 1 is 1.16 bits per heavy atom. The monoisotopic (exact) mass is 400 g/mol. The molecule has 2 unspecified atom stereocenters. The van der Waals surface area contributed by atoms with Crippen molar-refractivity contribution in [1.29, 1.82) is 0 Å². The second-order valence-corrected chi connectivity index (χ2v) is 5.39. The van der Waals surface area contributed by atoms with Gasteiger partial charge in [0.25, 0.3) is 11.8 Å². The zero-order valence-electron chi connectivity index (χ0n) is 9.72. The Morgan fingerprint density at radius 2 is 1.63 bits per heavy atom. The van der Waals surface area contributed by atoms with Gasteiger partial charge in [0.1, 0.15) is 9.65 Å². The fourth-order valence-corrected chi connectivity index (χ4v) is 1.80. The van der Waals surface area contributed by atoms with Crippen LogP contribution in [-0.2, 0) is 28.9 Å². The molecule has 19 heavy (non-hydrogen) atoms. The van der Waals surface area contributed by atoms with E-state index in [1.807, 2.05) is 0 Å². The molecule has 1 rings (SSSR count). The Hall–Kier alpha value is -1.00. The molecule has 0 aromatic rings. The number of halogens is 2. The van der Waals surface area contributed by atoms with Gasteiger partial charge < -0.3 is 9.68 Å². The molecule has 2 atom stereocenters. The minimum Gasteiger partial charge on any atom is -0.370 e. The minimum atomic E-state index is -1.12. The molecule has 1 fully saturated rings. The second kappa shape index (κ2) is 6.96. The van der Waals surface area contributed by atoms with Crippen molar-refractivity contribution in [3.05, 3.63) is 0 Å². The van der Waals surface area contributed by atoms with Crippen LogP contribution < -0.4 is 5.48 Å². The topological polar surface area (TPSA) is 102 Å². The maximum atomic E-state index is 11.7. The SMILES string of the molecule is CNOC(=O)C(Br)C(Br)C(=O)ON1C(=O)CCC1=O. The predicted octanol–water partition coefficient (Wildman–Crippen LogP) is -0.202. The van der Waals surface area contributed by atoms with Crippen LogP contribution in [0, 0.1) is 0 Å². The van der Waals surface area contributed by atoms with Crippen LogP contribution in [0.25, 0.3) is 0 Å². The molecule has 1 heterocycles. The van der Waals surface area contributed by atoms with Gasteiger partial charge >= 0.3 is 11.9 Å². The van der Waals surface area contributed by atoms with Gasteiger partial charge in [0.05, 0.1) is 0 Å². The molecule has 0 spiro atoms. The van der Waals surface area contributed by atoms with Crippen molar-refractivity contribution >= 4 is 55.6 Å². The standard InChI is InChI=1S/C9H10Br2N2O6/c1-12-18-8(16)6(10)7(11)9(17)19-13-4(14)2-3-5(13)15/h6-7,12H,2-3H2,1H3. The Labute approximate surface area is 124 Å². The molecular formula is C9H10Br2N2O6. The molecule has 0 radical (unpaired) electrons. The summed E-state index contributed by atoms with van der Waals surface area (Å²) in [5.74, 6) is -2.91. The van der Waals surface area contributed by atoms with Gasteiger partial charge in [-0.1, -0.05) is 31.9 Å². The van der Waals surface area contributed by atoms with Crippen LogP contribution in [-0.4, -0.2) is 45.5 Å². The maximum absolute atomic E-state index is 11.7. The number of imide groups is 1. The van der Waals surface area contributed by atoms with Crippen LogP contribution in [0.4, 0.5) is 0 Å². The van der Waals surface area contributed by atoms with Crippen LogP contribution in [0.15, 0.2) is 0 Å². The smallest absolute Gasteiger partial charge is 0.348 e. The number of nitrogens with one attached hydrogen (secondary N) is 1. The first-order chi connectivity index (χ1) is 8.88. The van der Waals surface area contributed by atoms with Gasteiger partial charge in [0.15, 0.2) is 0 Å². The summed E-state index contributed by atoms with van der Waals surface area (Å²) in [4.78, 5) is 52.4.